The van der Waals surface area contributed by atoms with Gasteiger partial charge in [0.15, 0.2) is 12.4 Å². The molecular weight excluding hydrogens is 430 g/mol. The van der Waals surface area contributed by atoms with Gasteiger partial charge in [0.25, 0.3) is 5.91 Å². The first-order chi connectivity index (χ1) is 15.8. The van der Waals surface area contributed by atoms with Crippen LogP contribution in [0.3, 0.4) is 0 Å². The second-order valence-electron chi connectivity index (χ2n) is 9.20. The maximum Gasteiger partial charge on any atom is 0.326 e. The predicted octanol–water partition coefficient (Wildman–Crippen LogP) is 2.23. The Morgan fingerprint density at radius 3 is 1.64 bits per heavy atom. The SMILES string of the molecule is CCCCCCCCCCCCCCCC[C@H](NC(=O)[C@H]1OC(O)[C@H](O)[C@@H](O)[C@@H]1O)C(=O)O. The average molecular weight is 476 g/mol. The summed E-state index contributed by atoms with van der Waals surface area (Å²) in [7, 11) is 0. The van der Waals surface area contributed by atoms with Crippen molar-refractivity contribution in [2.45, 2.75) is 140 Å². The lowest BCUT2D eigenvalue weighted by molar-refractivity contribution is -0.275. The summed E-state index contributed by atoms with van der Waals surface area (Å²) in [5.74, 6) is -2.16. The van der Waals surface area contributed by atoms with Gasteiger partial charge in [0, 0.05) is 0 Å². The van der Waals surface area contributed by atoms with E-state index in [1.807, 2.05) is 0 Å². The summed E-state index contributed by atoms with van der Waals surface area (Å²) in [6.45, 7) is 2.23. The van der Waals surface area contributed by atoms with Crippen molar-refractivity contribution in [3.8, 4) is 0 Å². The van der Waals surface area contributed by atoms with Crippen LogP contribution in [0.5, 0.6) is 0 Å². The fraction of sp³-hybridized carbons (Fsp3) is 0.917. The lowest BCUT2D eigenvalue weighted by atomic mass is 9.98. The molecule has 33 heavy (non-hydrogen) atoms. The summed E-state index contributed by atoms with van der Waals surface area (Å²) >= 11 is 0. The Kier molecular flexibility index (Phi) is 15.5. The van der Waals surface area contributed by atoms with Crippen LogP contribution >= 0.6 is 0 Å². The first-order valence-corrected chi connectivity index (χ1v) is 12.7. The molecule has 194 valence electrons. The van der Waals surface area contributed by atoms with Gasteiger partial charge < -0.3 is 35.6 Å². The number of hydrogen-bond donors (Lipinski definition) is 6. The minimum Gasteiger partial charge on any atom is -0.480 e. The van der Waals surface area contributed by atoms with Gasteiger partial charge in [-0.1, -0.05) is 96.8 Å². The van der Waals surface area contributed by atoms with E-state index >= 15 is 0 Å². The van der Waals surface area contributed by atoms with E-state index in [0.29, 0.717) is 6.42 Å². The van der Waals surface area contributed by atoms with Crippen LogP contribution in [0.2, 0.25) is 0 Å². The van der Waals surface area contributed by atoms with Gasteiger partial charge in [-0.25, -0.2) is 4.79 Å². The van der Waals surface area contributed by atoms with Crippen molar-refractivity contribution < 1.29 is 39.9 Å². The third-order valence-electron chi connectivity index (χ3n) is 6.31. The predicted molar refractivity (Wildman–Crippen MR) is 123 cm³/mol. The summed E-state index contributed by atoms with van der Waals surface area (Å²) in [5.41, 5.74) is 0. The van der Waals surface area contributed by atoms with Crippen molar-refractivity contribution in [1.29, 1.82) is 0 Å². The second-order valence-corrected chi connectivity index (χ2v) is 9.20. The summed E-state index contributed by atoms with van der Waals surface area (Å²) in [6.07, 6.45) is 8.02. The second kappa shape index (κ2) is 17.2. The molecule has 6 atom stereocenters. The normalized spacial score (nSPS) is 26.2. The van der Waals surface area contributed by atoms with Crippen LogP contribution in [0.4, 0.5) is 0 Å². The number of ether oxygens (including phenoxy) is 1. The minimum absolute atomic E-state index is 0.232. The average Bonchev–Trinajstić information content (AvgIpc) is 2.79. The fourth-order valence-corrected chi connectivity index (χ4v) is 4.13. The van der Waals surface area contributed by atoms with Gasteiger partial charge in [0.05, 0.1) is 0 Å². The number of aliphatic hydroxyl groups is 4. The van der Waals surface area contributed by atoms with Crippen molar-refractivity contribution in [3.05, 3.63) is 0 Å². The number of carboxylic acid groups (broad SMARTS) is 1. The number of aliphatic carboxylic acids is 1. The summed E-state index contributed by atoms with van der Waals surface area (Å²) < 4.78 is 4.84. The quantitative estimate of drug-likeness (QED) is 0.165. The summed E-state index contributed by atoms with van der Waals surface area (Å²) in [6, 6.07) is -1.16. The first-order valence-electron chi connectivity index (χ1n) is 12.7. The van der Waals surface area contributed by atoms with E-state index in [1.54, 1.807) is 0 Å². The lowest BCUT2D eigenvalue weighted by Gasteiger charge is -2.37. The Balaban J connectivity index is 2.15. The van der Waals surface area contributed by atoms with E-state index in [-0.39, 0.29) is 6.42 Å². The number of rotatable bonds is 18. The Hall–Kier alpha value is -1.26. The van der Waals surface area contributed by atoms with Crippen LogP contribution in [0.1, 0.15) is 103 Å². The van der Waals surface area contributed by atoms with E-state index in [4.69, 9.17) is 4.74 Å². The molecule has 0 spiro atoms. The van der Waals surface area contributed by atoms with Crippen molar-refractivity contribution in [1.82, 2.24) is 5.32 Å². The Morgan fingerprint density at radius 2 is 1.18 bits per heavy atom. The summed E-state index contributed by atoms with van der Waals surface area (Å²) in [5, 5.41) is 50.3. The van der Waals surface area contributed by atoms with E-state index in [1.165, 1.54) is 64.2 Å². The maximum absolute atomic E-state index is 12.3. The third kappa shape index (κ3) is 11.6. The molecule has 0 saturated carbocycles. The highest BCUT2D eigenvalue weighted by Gasteiger charge is 2.46. The number of carbonyl (C=O) groups is 2. The highest BCUT2D eigenvalue weighted by Crippen LogP contribution is 2.20. The number of amides is 1. The lowest BCUT2D eigenvalue weighted by Crippen LogP contribution is -2.62. The largest absolute Gasteiger partial charge is 0.480 e. The van der Waals surface area contributed by atoms with Crippen molar-refractivity contribution in [3.63, 3.8) is 0 Å². The van der Waals surface area contributed by atoms with Gasteiger partial charge in [-0.3, -0.25) is 4.79 Å². The van der Waals surface area contributed by atoms with Crippen LogP contribution in [0.25, 0.3) is 0 Å². The van der Waals surface area contributed by atoms with Crippen molar-refractivity contribution in [2.75, 3.05) is 0 Å². The first kappa shape index (κ1) is 29.8. The van der Waals surface area contributed by atoms with Gasteiger partial charge in [-0.2, -0.15) is 0 Å². The van der Waals surface area contributed by atoms with E-state index in [0.717, 1.165) is 19.3 Å². The molecular formula is C24H45NO8. The fourth-order valence-electron chi connectivity index (χ4n) is 4.13. The van der Waals surface area contributed by atoms with Crippen LogP contribution in [-0.4, -0.2) is 74.2 Å². The Bertz CT molecular complexity index is 547. The van der Waals surface area contributed by atoms with E-state index < -0.39 is 48.6 Å². The Morgan fingerprint density at radius 1 is 0.727 bits per heavy atom. The molecule has 9 heteroatoms. The third-order valence-corrected chi connectivity index (χ3v) is 6.31. The topological polar surface area (TPSA) is 157 Å². The molecule has 0 aromatic carbocycles. The minimum atomic E-state index is -1.85. The molecule has 1 saturated heterocycles. The number of nitrogens with one attached hydrogen (secondary N) is 1. The van der Waals surface area contributed by atoms with Gasteiger partial charge in [-0.15, -0.1) is 0 Å². The molecule has 1 unspecified atom stereocenters. The molecule has 1 rings (SSSR count). The number of carboxylic acids is 1. The van der Waals surface area contributed by atoms with E-state index in [9.17, 15) is 35.1 Å². The van der Waals surface area contributed by atoms with Crippen LogP contribution in [-0.2, 0) is 14.3 Å². The summed E-state index contributed by atoms with van der Waals surface area (Å²) in [4.78, 5) is 23.8. The molecule has 1 fully saturated rings. The number of aliphatic hydroxyl groups excluding tert-OH is 4. The zero-order valence-electron chi connectivity index (χ0n) is 20.0. The standard InChI is InChI=1S/C24H45NO8/c1-2-3-4-5-6-7-8-9-10-11-12-13-14-15-16-17(23(30)31)25-22(29)21-19(27)18(26)20(28)24(32)33-21/h17-21,24,26-28,32H,2-16H2,1H3,(H,25,29)(H,30,31)/t17-,18-,19-,20+,21-,24?/m0/s1. The molecule has 1 amide bonds. The van der Waals surface area contributed by atoms with Crippen LogP contribution < -0.4 is 5.32 Å². The maximum atomic E-state index is 12.3. The zero-order chi connectivity index (χ0) is 24.6. The van der Waals surface area contributed by atoms with Crippen LogP contribution in [0, 0.1) is 0 Å². The monoisotopic (exact) mass is 475 g/mol. The van der Waals surface area contributed by atoms with Gasteiger partial charge in [0.2, 0.25) is 0 Å². The molecule has 9 nitrogen and oxygen atoms in total. The van der Waals surface area contributed by atoms with Gasteiger partial charge in [-0.05, 0) is 6.42 Å². The molecule has 0 aromatic rings. The van der Waals surface area contributed by atoms with Gasteiger partial charge >= 0.3 is 5.97 Å². The van der Waals surface area contributed by atoms with Crippen molar-refractivity contribution in [2.24, 2.45) is 0 Å². The molecule has 6 N–H and O–H groups in total. The highest BCUT2D eigenvalue weighted by atomic mass is 16.6. The number of hydrogen-bond acceptors (Lipinski definition) is 7. The molecule has 1 aliphatic heterocycles. The highest BCUT2D eigenvalue weighted by molar-refractivity contribution is 5.86. The smallest absolute Gasteiger partial charge is 0.326 e. The molecule has 0 radical (unpaired) electrons. The Labute approximate surface area is 197 Å². The molecule has 0 bridgehead atoms. The molecule has 1 aliphatic rings. The molecule has 0 aromatic heterocycles. The van der Waals surface area contributed by atoms with Crippen LogP contribution in [0.15, 0.2) is 0 Å². The molecule has 0 aliphatic carbocycles. The molecule has 1 heterocycles. The van der Waals surface area contributed by atoms with Crippen molar-refractivity contribution >= 4 is 11.9 Å². The number of unbranched alkanes of at least 4 members (excludes halogenated alkanes) is 13. The number of carbonyl (C=O) groups excluding carboxylic acids is 1. The van der Waals surface area contributed by atoms with E-state index in [2.05, 4.69) is 12.2 Å². The van der Waals surface area contributed by atoms with Gasteiger partial charge in [0.1, 0.15) is 24.4 Å². The zero-order valence-corrected chi connectivity index (χ0v) is 20.0.